The van der Waals surface area contributed by atoms with E-state index in [2.05, 4.69) is 22.3 Å². The molecule has 0 atom stereocenters. The lowest BCUT2D eigenvalue weighted by Gasteiger charge is -2.09. The van der Waals surface area contributed by atoms with Crippen LogP contribution in [0, 0.1) is 22.7 Å². The first-order valence-electron chi connectivity index (χ1n) is 7.33. The van der Waals surface area contributed by atoms with E-state index in [0.717, 1.165) is 5.56 Å². The number of hydrogen-bond donors (Lipinski definition) is 0. The average Bonchev–Trinajstić information content (AvgIpc) is 3.02. The van der Waals surface area contributed by atoms with Crippen LogP contribution in [-0.4, -0.2) is 21.9 Å². The van der Waals surface area contributed by atoms with E-state index in [1.165, 1.54) is 11.8 Å². The number of nitrogens with zero attached hydrogens (tertiary/aromatic N) is 5. The predicted octanol–water partition coefficient (Wildman–Crippen LogP) is 3.39. The molecule has 2 aromatic carbocycles. The van der Waals surface area contributed by atoms with Gasteiger partial charge in [-0.15, -0.1) is 10.2 Å². The normalized spacial score (nSPS) is 10.1. The molecule has 0 amide bonds. The number of methoxy groups -OCH3 is 1. The summed E-state index contributed by atoms with van der Waals surface area (Å²) < 4.78 is 7.20. The molecule has 122 valence electrons. The van der Waals surface area contributed by atoms with Crippen LogP contribution in [0.4, 0.5) is 0 Å². The van der Waals surface area contributed by atoms with E-state index in [4.69, 9.17) is 4.74 Å². The van der Waals surface area contributed by atoms with Crippen molar-refractivity contribution in [3.63, 3.8) is 0 Å². The molecule has 0 saturated heterocycles. The van der Waals surface area contributed by atoms with Crippen molar-refractivity contribution in [2.24, 2.45) is 7.05 Å². The van der Waals surface area contributed by atoms with Gasteiger partial charge < -0.3 is 9.30 Å². The number of aromatic nitrogens is 3. The van der Waals surface area contributed by atoms with Crippen molar-refractivity contribution >= 4 is 11.8 Å². The standard InChI is InChI=1S/C18H13N5OS/c1-23-17(14-8-3-4-9-15(14)24-2)21-22-18(23)25-16-12(10-19)6-5-7-13(16)11-20/h3-9H,1-2H3. The van der Waals surface area contributed by atoms with Crippen LogP contribution in [0.5, 0.6) is 5.75 Å². The second-order valence-corrected chi connectivity index (χ2v) is 6.05. The molecule has 1 aromatic heterocycles. The van der Waals surface area contributed by atoms with Crippen molar-refractivity contribution in [3.05, 3.63) is 53.6 Å². The molecule has 0 bridgehead atoms. The van der Waals surface area contributed by atoms with Gasteiger partial charge in [0.05, 0.1) is 28.7 Å². The molecule has 0 aliphatic rings. The topological polar surface area (TPSA) is 87.5 Å². The number of para-hydroxylation sites is 1. The molecule has 0 aliphatic carbocycles. The molecule has 0 saturated carbocycles. The molecule has 0 radical (unpaired) electrons. The Morgan fingerprint density at radius 1 is 1.00 bits per heavy atom. The Morgan fingerprint density at radius 3 is 2.32 bits per heavy atom. The molecule has 0 unspecified atom stereocenters. The van der Waals surface area contributed by atoms with Gasteiger partial charge in [0.15, 0.2) is 11.0 Å². The van der Waals surface area contributed by atoms with Crippen LogP contribution in [0.2, 0.25) is 0 Å². The number of hydrogen-bond acceptors (Lipinski definition) is 6. The SMILES string of the molecule is COc1ccccc1-c1nnc(Sc2c(C#N)cccc2C#N)n1C. The van der Waals surface area contributed by atoms with Crippen molar-refractivity contribution in [1.82, 2.24) is 14.8 Å². The summed E-state index contributed by atoms with van der Waals surface area (Å²) in [6.07, 6.45) is 0. The summed E-state index contributed by atoms with van der Waals surface area (Å²) in [5.41, 5.74) is 1.69. The summed E-state index contributed by atoms with van der Waals surface area (Å²) in [4.78, 5) is 0.578. The Labute approximate surface area is 149 Å². The minimum absolute atomic E-state index is 0.436. The van der Waals surface area contributed by atoms with E-state index in [0.29, 0.717) is 32.8 Å². The quantitative estimate of drug-likeness (QED) is 0.719. The first kappa shape index (κ1) is 16.6. The highest BCUT2D eigenvalue weighted by Gasteiger charge is 2.18. The van der Waals surface area contributed by atoms with Crippen molar-refractivity contribution < 1.29 is 4.74 Å². The van der Waals surface area contributed by atoms with Gasteiger partial charge in [0.1, 0.15) is 17.9 Å². The number of rotatable bonds is 4. The molecule has 0 spiro atoms. The molecule has 3 aromatic rings. The second kappa shape index (κ2) is 7.08. The fourth-order valence-electron chi connectivity index (χ4n) is 2.38. The van der Waals surface area contributed by atoms with Crippen LogP contribution >= 0.6 is 11.8 Å². The van der Waals surface area contributed by atoms with Crippen LogP contribution in [-0.2, 0) is 7.05 Å². The van der Waals surface area contributed by atoms with E-state index >= 15 is 0 Å². The smallest absolute Gasteiger partial charge is 0.196 e. The number of benzene rings is 2. The van der Waals surface area contributed by atoms with Crippen LogP contribution in [0.3, 0.4) is 0 Å². The van der Waals surface area contributed by atoms with Gasteiger partial charge in [-0.25, -0.2) is 0 Å². The first-order valence-corrected chi connectivity index (χ1v) is 8.15. The Bertz CT molecular complexity index is 981. The van der Waals surface area contributed by atoms with Gasteiger partial charge in [0.2, 0.25) is 0 Å². The van der Waals surface area contributed by atoms with Crippen LogP contribution < -0.4 is 4.74 Å². The summed E-state index contributed by atoms with van der Waals surface area (Å²) in [6.45, 7) is 0. The van der Waals surface area contributed by atoms with Crippen LogP contribution in [0.15, 0.2) is 52.5 Å². The summed E-state index contributed by atoms with van der Waals surface area (Å²) in [5, 5.41) is 27.7. The fraction of sp³-hybridized carbons (Fsp3) is 0.111. The Balaban J connectivity index is 2.05. The highest BCUT2D eigenvalue weighted by molar-refractivity contribution is 7.99. The van der Waals surface area contributed by atoms with Crippen LogP contribution in [0.1, 0.15) is 11.1 Å². The summed E-state index contributed by atoms with van der Waals surface area (Å²) in [5.74, 6) is 1.34. The maximum absolute atomic E-state index is 9.31. The molecule has 0 fully saturated rings. The summed E-state index contributed by atoms with van der Waals surface area (Å²) in [7, 11) is 3.44. The van der Waals surface area contributed by atoms with Crippen molar-refractivity contribution in [3.8, 4) is 29.3 Å². The van der Waals surface area contributed by atoms with Crippen molar-refractivity contribution in [2.75, 3.05) is 7.11 Å². The molecule has 7 heteroatoms. The van der Waals surface area contributed by atoms with E-state index in [1.807, 2.05) is 35.9 Å². The molecule has 0 aliphatic heterocycles. The van der Waals surface area contributed by atoms with E-state index in [9.17, 15) is 10.5 Å². The van der Waals surface area contributed by atoms with E-state index in [1.54, 1.807) is 25.3 Å². The first-order chi connectivity index (χ1) is 12.2. The fourth-order valence-corrected chi connectivity index (χ4v) is 3.32. The zero-order valence-electron chi connectivity index (χ0n) is 13.6. The maximum atomic E-state index is 9.31. The highest BCUT2D eigenvalue weighted by atomic mass is 32.2. The van der Waals surface area contributed by atoms with Gasteiger partial charge in [-0.05, 0) is 36.0 Å². The van der Waals surface area contributed by atoms with Gasteiger partial charge in [0, 0.05) is 7.05 Å². The van der Waals surface area contributed by atoms with E-state index in [-0.39, 0.29) is 0 Å². The Hall–Kier alpha value is -3.29. The molecule has 1 heterocycles. The molecule has 3 rings (SSSR count). The zero-order chi connectivity index (χ0) is 17.8. The lowest BCUT2D eigenvalue weighted by atomic mass is 10.1. The molecular weight excluding hydrogens is 334 g/mol. The van der Waals surface area contributed by atoms with Crippen molar-refractivity contribution in [2.45, 2.75) is 10.1 Å². The van der Waals surface area contributed by atoms with Gasteiger partial charge >= 0.3 is 0 Å². The largest absolute Gasteiger partial charge is 0.496 e. The van der Waals surface area contributed by atoms with Crippen molar-refractivity contribution in [1.29, 1.82) is 10.5 Å². The minimum atomic E-state index is 0.436. The van der Waals surface area contributed by atoms with E-state index < -0.39 is 0 Å². The minimum Gasteiger partial charge on any atom is -0.496 e. The average molecular weight is 347 g/mol. The summed E-state index contributed by atoms with van der Waals surface area (Å²) >= 11 is 1.25. The number of ether oxygens (including phenoxy) is 1. The number of nitriles is 2. The molecular formula is C18H13N5OS. The third-order valence-electron chi connectivity index (χ3n) is 3.63. The van der Waals surface area contributed by atoms with Crippen LogP contribution in [0.25, 0.3) is 11.4 Å². The van der Waals surface area contributed by atoms with Gasteiger partial charge in [0.25, 0.3) is 0 Å². The molecule has 25 heavy (non-hydrogen) atoms. The van der Waals surface area contributed by atoms with Gasteiger partial charge in [-0.2, -0.15) is 10.5 Å². The van der Waals surface area contributed by atoms with Gasteiger partial charge in [-0.3, -0.25) is 0 Å². The second-order valence-electron chi connectivity index (χ2n) is 5.07. The maximum Gasteiger partial charge on any atom is 0.196 e. The molecule has 0 N–H and O–H groups in total. The third-order valence-corrected chi connectivity index (χ3v) is 4.81. The summed E-state index contributed by atoms with van der Waals surface area (Å²) in [6, 6.07) is 16.8. The third kappa shape index (κ3) is 3.06. The lowest BCUT2D eigenvalue weighted by molar-refractivity contribution is 0.416. The monoisotopic (exact) mass is 347 g/mol. The Morgan fingerprint density at radius 2 is 1.68 bits per heavy atom. The highest BCUT2D eigenvalue weighted by Crippen LogP contribution is 2.35. The Kier molecular flexibility index (Phi) is 4.69. The molecule has 6 nitrogen and oxygen atoms in total. The zero-order valence-corrected chi connectivity index (χ0v) is 14.4. The predicted molar refractivity (Wildman–Crippen MR) is 93.0 cm³/mol. The van der Waals surface area contributed by atoms with Gasteiger partial charge in [-0.1, -0.05) is 18.2 Å². The lowest BCUT2D eigenvalue weighted by Crippen LogP contribution is -1.97.